The van der Waals surface area contributed by atoms with Crippen molar-refractivity contribution in [3.05, 3.63) is 59.6 Å². The van der Waals surface area contributed by atoms with E-state index in [9.17, 15) is 9.18 Å². The molecule has 7 heteroatoms. The molecule has 0 aliphatic heterocycles. The van der Waals surface area contributed by atoms with E-state index in [0.717, 1.165) is 11.3 Å². The zero-order chi connectivity index (χ0) is 16.1. The number of carbonyl (C=O) groups is 1. The molecule has 1 amide bonds. The third-order valence-electron chi connectivity index (χ3n) is 2.95. The van der Waals surface area contributed by atoms with Gasteiger partial charge in [-0.2, -0.15) is 0 Å². The molecule has 0 atom stereocenters. The molecule has 0 bridgehead atoms. The predicted octanol–water partition coefficient (Wildman–Crippen LogP) is 4.41. The number of hydrogen-bond acceptors (Lipinski definition) is 5. The van der Waals surface area contributed by atoms with E-state index in [0.29, 0.717) is 22.3 Å². The van der Waals surface area contributed by atoms with Crippen LogP contribution < -0.4 is 5.32 Å². The monoisotopic (exact) mass is 348 g/mol. The minimum absolute atomic E-state index is 0.110. The van der Waals surface area contributed by atoms with Gasteiger partial charge >= 0.3 is 0 Å². The molecule has 2 heterocycles. The van der Waals surface area contributed by atoms with Crippen molar-refractivity contribution in [2.75, 3.05) is 11.1 Å². The summed E-state index contributed by atoms with van der Waals surface area (Å²) in [4.78, 5) is 16.2. The summed E-state index contributed by atoms with van der Waals surface area (Å²) in [6.45, 7) is 0. The van der Waals surface area contributed by atoms with Crippen LogP contribution in [-0.2, 0) is 10.5 Å². The second-order valence-corrected chi connectivity index (χ2v) is 6.51. The molecule has 4 nitrogen and oxygen atoms in total. The van der Waals surface area contributed by atoms with Gasteiger partial charge in [0, 0.05) is 10.9 Å². The van der Waals surface area contributed by atoms with E-state index in [4.69, 9.17) is 4.42 Å². The van der Waals surface area contributed by atoms with Crippen LogP contribution in [0.15, 0.2) is 52.5 Å². The van der Waals surface area contributed by atoms with Crippen molar-refractivity contribution >= 4 is 34.1 Å². The summed E-state index contributed by atoms with van der Waals surface area (Å²) >= 11 is 2.82. The van der Waals surface area contributed by atoms with Crippen LogP contribution in [0, 0.1) is 5.82 Å². The Labute approximate surface area is 140 Å². The summed E-state index contributed by atoms with van der Waals surface area (Å²) in [5, 5.41) is 5.13. The van der Waals surface area contributed by atoms with Gasteiger partial charge in [-0.15, -0.1) is 23.1 Å². The SMILES string of the molecule is O=C(CSCc1ccco1)Nc1nc(-c2ccc(F)cc2)cs1. The van der Waals surface area contributed by atoms with Crippen LogP contribution in [0.5, 0.6) is 0 Å². The number of aromatic nitrogens is 1. The summed E-state index contributed by atoms with van der Waals surface area (Å²) in [5.41, 5.74) is 1.53. The first-order valence-corrected chi connectivity index (χ1v) is 8.85. The molecule has 0 aliphatic rings. The van der Waals surface area contributed by atoms with E-state index in [1.807, 2.05) is 17.5 Å². The highest BCUT2D eigenvalue weighted by Gasteiger charge is 2.09. The molecular formula is C16H13FN2O2S2. The Kier molecular flexibility index (Phi) is 5.09. The van der Waals surface area contributed by atoms with Gasteiger partial charge in [0.1, 0.15) is 11.6 Å². The molecule has 1 N–H and O–H groups in total. The molecule has 3 rings (SSSR count). The Bertz CT molecular complexity index is 770. The van der Waals surface area contributed by atoms with Crippen molar-refractivity contribution in [2.24, 2.45) is 0 Å². The van der Waals surface area contributed by atoms with E-state index in [2.05, 4.69) is 10.3 Å². The van der Waals surface area contributed by atoms with Crippen LogP contribution in [0.4, 0.5) is 9.52 Å². The maximum absolute atomic E-state index is 12.9. The summed E-state index contributed by atoms with van der Waals surface area (Å²) < 4.78 is 18.1. The van der Waals surface area contributed by atoms with Crippen molar-refractivity contribution in [1.82, 2.24) is 4.98 Å². The molecule has 0 unspecified atom stereocenters. The number of rotatable bonds is 6. The first-order valence-electron chi connectivity index (χ1n) is 6.82. The fourth-order valence-electron chi connectivity index (χ4n) is 1.88. The van der Waals surface area contributed by atoms with Crippen LogP contribution in [0.3, 0.4) is 0 Å². The number of hydrogen-bond donors (Lipinski definition) is 1. The number of anilines is 1. The van der Waals surface area contributed by atoms with Gasteiger partial charge < -0.3 is 9.73 Å². The van der Waals surface area contributed by atoms with Crippen LogP contribution in [0.2, 0.25) is 0 Å². The zero-order valence-corrected chi connectivity index (χ0v) is 13.6. The highest BCUT2D eigenvalue weighted by atomic mass is 32.2. The second-order valence-electron chi connectivity index (χ2n) is 4.67. The summed E-state index contributed by atoms with van der Waals surface area (Å²) in [7, 11) is 0. The average molecular weight is 348 g/mol. The van der Waals surface area contributed by atoms with Gasteiger partial charge in [0.05, 0.1) is 23.5 Å². The first kappa shape index (κ1) is 15.8. The van der Waals surface area contributed by atoms with Gasteiger partial charge in [-0.05, 0) is 36.4 Å². The van der Waals surface area contributed by atoms with E-state index in [1.165, 1.54) is 35.2 Å². The zero-order valence-electron chi connectivity index (χ0n) is 12.0. The fourth-order valence-corrected chi connectivity index (χ4v) is 3.34. The van der Waals surface area contributed by atoms with Crippen molar-refractivity contribution in [2.45, 2.75) is 5.75 Å². The highest BCUT2D eigenvalue weighted by Crippen LogP contribution is 2.25. The number of carbonyl (C=O) groups excluding carboxylic acids is 1. The largest absolute Gasteiger partial charge is 0.468 e. The summed E-state index contributed by atoms with van der Waals surface area (Å²) in [6.07, 6.45) is 1.61. The maximum atomic E-state index is 12.9. The standard InChI is InChI=1S/C16H13FN2O2S2/c17-12-5-3-11(4-6-12)14-9-23-16(18-14)19-15(20)10-22-8-13-2-1-7-21-13/h1-7,9H,8,10H2,(H,18,19,20). The Morgan fingerprint density at radius 3 is 2.87 bits per heavy atom. The topological polar surface area (TPSA) is 55.1 Å². The first-order chi connectivity index (χ1) is 11.2. The van der Waals surface area contributed by atoms with Crippen LogP contribution in [-0.4, -0.2) is 16.6 Å². The molecule has 2 aromatic heterocycles. The molecule has 0 radical (unpaired) electrons. The number of nitrogens with zero attached hydrogens (tertiary/aromatic N) is 1. The number of thiazole rings is 1. The molecule has 0 saturated carbocycles. The van der Waals surface area contributed by atoms with Crippen molar-refractivity contribution < 1.29 is 13.6 Å². The van der Waals surface area contributed by atoms with Gasteiger partial charge in [-0.25, -0.2) is 9.37 Å². The molecule has 0 fully saturated rings. The molecule has 0 spiro atoms. The number of amides is 1. The van der Waals surface area contributed by atoms with Gasteiger partial charge in [0.25, 0.3) is 0 Å². The molecular weight excluding hydrogens is 335 g/mol. The van der Waals surface area contributed by atoms with Gasteiger partial charge in [0.15, 0.2) is 5.13 Å². The van der Waals surface area contributed by atoms with Gasteiger partial charge in [-0.1, -0.05) is 0 Å². The lowest BCUT2D eigenvalue weighted by molar-refractivity contribution is -0.113. The predicted molar refractivity (Wildman–Crippen MR) is 91.0 cm³/mol. The van der Waals surface area contributed by atoms with E-state index in [-0.39, 0.29) is 11.7 Å². The van der Waals surface area contributed by atoms with Gasteiger partial charge in [0.2, 0.25) is 5.91 Å². The maximum Gasteiger partial charge on any atom is 0.236 e. The molecule has 3 aromatic rings. The van der Waals surface area contributed by atoms with Crippen LogP contribution in [0.1, 0.15) is 5.76 Å². The Morgan fingerprint density at radius 1 is 1.30 bits per heavy atom. The number of benzene rings is 1. The smallest absolute Gasteiger partial charge is 0.236 e. The fraction of sp³-hybridized carbons (Fsp3) is 0.125. The van der Waals surface area contributed by atoms with E-state index in [1.54, 1.807) is 18.4 Å². The molecule has 118 valence electrons. The Hall–Kier alpha value is -2.12. The quantitative estimate of drug-likeness (QED) is 0.717. The molecule has 1 aromatic carbocycles. The van der Waals surface area contributed by atoms with Crippen molar-refractivity contribution in [3.63, 3.8) is 0 Å². The lowest BCUT2D eigenvalue weighted by Gasteiger charge is -2.01. The normalized spacial score (nSPS) is 10.7. The van der Waals surface area contributed by atoms with E-state index < -0.39 is 0 Å². The number of halogens is 1. The number of furan rings is 1. The van der Waals surface area contributed by atoms with Crippen LogP contribution in [0.25, 0.3) is 11.3 Å². The molecule has 23 heavy (non-hydrogen) atoms. The number of thioether (sulfide) groups is 1. The second kappa shape index (κ2) is 7.43. The van der Waals surface area contributed by atoms with Crippen LogP contribution >= 0.6 is 23.1 Å². The summed E-state index contributed by atoms with van der Waals surface area (Å²) in [6, 6.07) is 9.80. The van der Waals surface area contributed by atoms with E-state index >= 15 is 0 Å². The highest BCUT2D eigenvalue weighted by molar-refractivity contribution is 7.99. The van der Waals surface area contributed by atoms with Gasteiger partial charge in [-0.3, -0.25) is 4.79 Å². The third-order valence-corrected chi connectivity index (χ3v) is 4.66. The summed E-state index contributed by atoms with van der Waals surface area (Å²) in [5.74, 6) is 1.42. The Morgan fingerprint density at radius 2 is 2.13 bits per heavy atom. The molecule has 0 saturated heterocycles. The lowest BCUT2D eigenvalue weighted by Crippen LogP contribution is -2.13. The number of nitrogens with one attached hydrogen (secondary N) is 1. The third kappa shape index (κ3) is 4.43. The lowest BCUT2D eigenvalue weighted by atomic mass is 10.2. The average Bonchev–Trinajstić information content (AvgIpc) is 3.20. The minimum atomic E-state index is -0.286. The Balaban J connectivity index is 1.52. The minimum Gasteiger partial charge on any atom is -0.468 e. The molecule has 0 aliphatic carbocycles. The van der Waals surface area contributed by atoms with Crippen molar-refractivity contribution in [3.8, 4) is 11.3 Å². The van der Waals surface area contributed by atoms with Crippen molar-refractivity contribution in [1.29, 1.82) is 0 Å².